The average molecular weight is 386 g/mol. The quantitative estimate of drug-likeness (QED) is 0.565. The van der Waals surface area contributed by atoms with E-state index in [0.717, 1.165) is 5.56 Å². The first-order valence-electron chi connectivity index (χ1n) is 6.45. The van der Waals surface area contributed by atoms with Gasteiger partial charge in [0.15, 0.2) is 5.11 Å². The number of carbonyl (C=O) groups excluding carboxylic acids is 1. The molecule has 0 heterocycles. The lowest BCUT2D eigenvalue weighted by Crippen LogP contribution is -2.32. The van der Waals surface area contributed by atoms with E-state index in [1.165, 1.54) is 6.08 Å². The van der Waals surface area contributed by atoms with E-state index >= 15 is 0 Å². The molecule has 0 aliphatic rings. The Bertz CT molecular complexity index is 760. The number of hydrogen-bond donors (Lipinski definition) is 2. The van der Waals surface area contributed by atoms with Crippen molar-refractivity contribution in [1.29, 1.82) is 0 Å². The number of amides is 1. The summed E-state index contributed by atoms with van der Waals surface area (Å²) in [7, 11) is 0. The molecule has 23 heavy (non-hydrogen) atoms. The van der Waals surface area contributed by atoms with Gasteiger partial charge in [0.25, 0.3) is 0 Å². The number of carbonyl (C=O) groups is 1. The van der Waals surface area contributed by atoms with Gasteiger partial charge in [0.2, 0.25) is 5.91 Å². The second kappa shape index (κ2) is 8.31. The Hall–Kier alpha value is -1.59. The Balaban J connectivity index is 1.90. The third-order valence-corrected chi connectivity index (χ3v) is 3.91. The zero-order valence-electron chi connectivity index (χ0n) is 11.6. The largest absolute Gasteiger partial charge is 0.332 e. The van der Waals surface area contributed by atoms with Crippen LogP contribution in [-0.2, 0) is 4.79 Å². The normalized spacial score (nSPS) is 10.6. The molecule has 0 aliphatic carbocycles. The molecular formula is C16H11Cl3N2OS. The molecule has 1 amide bonds. The molecule has 3 nitrogen and oxygen atoms in total. The van der Waals surface area contributed by atoms with Crippen molar-refractivity contribution in [2.45, 2.75) is 0 Å². The zero-order chi connectivity index (χ0) is 16.8. The Labute approximate surface area is 154 Å². The van der Waals surface area contributed by atoms with Crippen molar-refractivity contribution < 1.29 is 4.79 Å². The van der Waals surface area contributed by atoms with Crippen molar-refractivity contribution in [2.75, 3.05) is 5.32 Å². The molecule has 118 valence electrons. The lowest BCUT2D eigenvalue weighted by molar-refractivity contribution is -0.115. The van der Waals surface area contributed by atoms with Gasteiger partial charge in [-0.05, 0) is 54.2 Å². The van der Waals surface area contributed by atoms with Gasteiger partial charge in [-0.15, -0.1) is 0 Å². The molecule has 2 rings (SSSR count). The number of hydrogen-bond acceptors (Lipinski definition) is 2. The Morgan fingerprint density at radius 1 is 1.00 bits per heavy atom. The summed E-state index contributed by atoms with van der Waals surface area (Å²) >= 11 is 22.6. The Kier molecular flexibility index (Phi) is 6.42. The molecule has 0 saturated heterocycles. The molecular weight excluding hydrogens is 375 g/mol. The maximum absolute atomic E-state index is 11.8. The van der Waals surface area contributed by atoms with Crippen LogP contribution in [0.5, 0.6) is 0 Å². The summed E-state index contributed by atoms with van der Waals surface area (Å²) in [6, 6.07) is 12.1. The molecule has 2 aromatic rings. The SMILES string of the molecule is O=C(/C=C/c1ccc(Cl)cc1)NC(=S)Nc1ccc(Cl)c(Cl)c1. The van der Waals surface area contributed by atoms with E-state index < -0.39 is 0 Å². The lowest BCUT2D eigenvalue weighted by atomic mass is 10.2. The van der Waals surface area contributed by atoms with Crippen LogP contribution in [0.3, 0.4) is 0 Å². The standard InChI is InChI=1S/C16H11Cl3N2OS/c17-11-4-1-10(2-5-11)3-8-15(22)21-16(23)20-12-6-7-13(18)14(19)9-12/h1-9H,(H2,20,21,22,23)/b8-3+. The minimum atomic E-state index is -0.350. The number of anilines is 1. The number of rotatable bonds is 3. The molecule has 0 atom stereocenters. The highest BCUT2D eigenvalue weighted by Gasteiger charge is 2.04. The van der Waals surface area contributed by atoms with Gasteiger partial charge in [0.1, 0.15) is 0 Å². The van der Waals surface area contributed by atoms with Gasteiger partial charge in [-0.2, -0.15) is 0 Å². The van der Waals surface area contributed by atoms with E-state index in [9.17, 15) is 4.79 Å². The van der Waals surface area contributed by atoms with Crippen LogP contribution in [-0.4, -0.2) is 11.0 Å². The minimum absolute atomic E-state index is 0.161. The highest BCUT2D eigenvalue weighted by Crippen LogP contribution is 2.24. The van der Waals surface area contributed by atoms with Crippen LogP contribution < -0.4 is 10.6 Å². The van der Waals surface area contributed by atoms with Crippen LogP contribution in [0.4, 0.5) is 5.69 Å². The van der Waals surface area contributed by atoms with Gasteiger partial charge in [0.05, 0.1) is 10.0 Å². The van der Waals surface area contributed by atoms with Crippen molar-refractivity contribution >= 4 is 69.8 Å². The molecule has 2 N–H and O–H groups in total. The van der Waals surface area contributed by atoms with Gasteiger partial charge in [-0.25, -0.2) is 0 Å². The molecule has 7 heteroatoms. The highest BCUT2D eigenvalue weighted by atomic mass is 35.5. The second-order valence-electron chi connectivity index (χ2n) is 4.46. The molecule has 0 saturated carbocycles. The van der Waals surface area contributed by atoms with E-state index in [1.807, 2.05) is 0 Å². The van der Waals surface area contributed by atoms with Gasteiger partial charge in [0, 0.05) is 16.8 Å². The summed E-state index contributed by atoms with van der Waals surface area (Å²) in [6.07, 6.45) is 3.04. The minimum Gasteiger partial charge on any atom is -0.332 e. The van der Waals surface area contributed by atoms with Crippen LogP contribution in [0, 0.1) is 0 Å². The maximum Gasteiger partial charge on any atom is 0.250 e. The first kappa shape index (κ1) is 17.8. The van der Waals surface area contributed by atoms with Crippen molar-refractivity contribution in [3.8, 4) is 0 Å². The lowest BCUT2D eigenvalue weighted by Gasteiger charge is -2.08. The third-order valence-electron chi connectivity index (χ3n) is 2.71. The van der Waals surface area contributed by atoms with E-state index in [4.69, 9.17) is 47.0 Å². The molecule has 0 spiro atoms. The fourth-order valence-corrected chi connectivity index (χ4v) is 2.28. The average Bonchev–Trinajstić information content (AvgIpc) is 2.50. The molecule has 0 aromatic heterocycles. The summed E-state index contributed by atoms with van der Waals surface area (Å²) in [5.41, 5.74) is 1.49. The summed E-state index contributed by atoms with van der Waals surface area (Å²) in [5.74, 6) is -0.350. The van der Waals surface area contributed by atoms with Crippen molar-refractivity contribution in [1.82, 2.24) is 5.32 Å². The Morgan fingerprint density at radius 2 is 1.70 bits per heavy atom. The number of thiocarbonyl (C=S) groups is 1. The van der Waals surface area contributed by atoms with Crippen LogP contribution in [0.15, 0.2) is 48.5 Å². The molecule has 0 radical (unpaired) electrons. The molecule has 0 unspecified atom stereocenters. The van der Waals surface area contributed by atoms with Crippen LogP contribution in [0.1, 0.15) is 5.56 Å². The fraction of sp³-hybridized carbons (Fsp3) is 0. The van der Waals surface area contributed by atoms with E-state index in [-0.39, 0.29) is 11.0 Å². The van der Waals surface area contributed by atoms with Gasteiger partial charge in [-0.1, -0.05) is 46.9 Å². The molecule has 0 fully saturated rings. The van der Waals surface area contributed by atoms with Gasteiger partial charge >= 0.3 is 0 Å². The fourth-order valence-electron chi connectivity index (χ4n) is 1.64. The third kappa shape index (κ3) is 5.84. The summed E-state index contributed by atoms with van der Waals surface area (Å²) < 4.78 is 0. The van der Waals surface area contributed by atoms with Crippen LogP contribution in [0.25, 0.3) is 6.08 Å². The maximum atomic E-state index is 11.8. The van der Waals surface area contributed by atoms with Crippen molar-refractivity contribution in [3.05, 3.63) is 69.2 Å². The highest BCUT2D eigenvalue weighted by molar-refractivity contribution is 7.80. The van der Waals surface area contributed by atoms with Crippen LogP contribution >= 0.6 is 47.0 Å². The molecule has 2 aromatic carbocycles. The summed E-state index contributed by atoms with van der Waals surface area (Å²) in [4.78, 5) is 11.8. The second-order valence-corrected chi connectivity index (χ2v) is 6.12. The number of nitrogens with one attached hydrogen (secondary N) is 2. The van der Waals surface area contributed by atoms with E-state index in [0.29, 0.717) is 20.8 Å². The van der Waals surface area contributed by atoms with Crippen molar-refractivity contribution in [2.24, 2.45) is 0 Å². The van der Waals surface area contributed by atoms with Gasteiger partial charge in [-0.3, -0.25) is 10.1 Å². The predicted octanol–water partition coefficient (Wildman–Crippen LogP) is 5.17. The topological polar surface area (TPSA) is 41.1 Å². The smallest absolute Gasteiger partial charge is 0.250 e. The molecule has 0 aliphatic heterocycles. The number of benzene rings is 2. The van der Waals surface area contributed by atoms with Crippen molar-refractivity contribution in [3.63, 3.8) is 0 Å². The Morgan fingerprint density at radius 3 is 2.35 bits per heavy atom. The summed E-state index contributed by atoms with van der Waals surface area (Å²) in [5, 5.41) is 7.03. The first-order valence-corrected chi connectivity index (χ1v) is 7.99. The monoisotopic (exact) mass is 384 g/mol. The molecule has 0 bridgehead atoms. The summed E-state index contributed by atoms with van der Waals surface area (Å²) in [6.45, 7) is 0. The van der Waals surface area contributed by atoms with E-state index in [1.54, 1.807) is 48.5 Å². The predicted molar refractivity (Wildman–Crippen MR) is 101 cm³/mol. The zero-order valence-corrected chi connectivity index (χ0v) is 14.7. The van der Waals surface area contributed by atoms with Gasteiger partial charge < -0.3 is 5.32 Å². The number of halogens is 3. The van der Waals surface area contributed by atoms with E-state index in [2.05, 4.69) is 10.6 Å². The first-order chi connectivity index (χ1) is 10.9. The van der Waals surface area contributed by atoms with Crippen LogP contribution in [0.2, 0.25) is 15.1 Å².